The third kappa shape index (κ3) is 3.14. The molecule has 1 N–H and O–H groups in total. The van der Waals surface area contributed by atoms with Crippen LogP contribution in [0.2, 0.25) is 0 Å². The number of hydrogen-bond acceptors (Lipinski definition) is 3. The molecule has 1 aromatic heterocycles. The molecule has 0 aliphatic heterocycles. The summed E-state index contributed by atoms with van der Waals surface area (Å²) in [6.07, 6.45) is 2.17. The summed E-state index contributed by atoms with van der Waals surface area (Å²) < 4.78 is 17.7. The van der Waals surface area contributed by atoms with Crippen molar-refractivity contribution in [1.82, 2.24) is 4.98 Å². The van der Waals surface area contributed by atoms with Crippen molar-refractivity contribution < 1.29 is 15.3 Å². The molecule has 0 fully saturated rings. The van der Waals surface area contributed by atoms with Crippen molar-refractivity contribution in [2.75, 3.05) is 12.4 Å². The van der Waals surface area contributed by atoms with Crippen LogP contribution < -0.4 is 5.32 Å². The smallest absolute Gasteiger partial charge is 0.247 e. The molecule has 0 atom stereocenters. The highest BCUT2D eigenvalue weighted by atomic mass is 19.1. The number of anilines is 1. The lowest BCUT2D eigenvalue weighted by atomic mass is 10.3. The zero-order chi connectivity index (χ0) is 11.3. The molecule has 0 aliphatic carbocycles. The fourth-order valence-electron chi connectivity index (χ4n) is 1.01. The molecule has 1 rings (SSSR count). The largest absolute Gasteiger partial charge is 0.378 e. The van der Waals surface area contributed by atoms with E-state index in [-0.39, 0.29) is 8.03 Å². The number of hydrogen-bond donors (Lipinski definition) is 1. The molecule has 0 saturated carbocycles. The van der Waals surface area contributed by atoms with E-state index < -0.39 is 11.7 Å². The number of aromatic nitrogens is 1. The van der Waals surface area contributed by atoms with E-state index in [0.29, 0.717) is 11.4 Å². The maximum Gasteiger partial charge on any atom is 0.247 e. The maximum atomic E-state index is 12.9. The van der Waals surface area contributed by atoms with Crippen LogP contribution >= 0.6 is 0 Å². The molecule has 1 amide bonds. The molecular formula is C10H13FN2O2. The zero-order valence-electron chi connectivity index (χ0n) is 8.29. The minimum absolute atomic E-state index is 0. The lowest BCUT2D eigenvalue weighted by molar-refractivity contribution is -0.111. The van der Waals surface area contributed by atoms with Gasteiger partial charge >= 0.3 is 0 Å². The van der Waals surface area contributed by atoms with Gasteiger partial charge in [-0.3, -0.25) is 9.78 Å². The first-order valence-electron chi connectivity index (χ1n) is 4.24. The van der Waals surface area contributed by atoms with Crippen LogP contribution in [-0.4, -0.2) is 18.0 Å². The number of amides is 1. The number of halogens is 1. The van der Waals surface area contributed by atoms with Crippen LogP contribution in [0.25, 0.3) is 0 Å². The molecule has 0 bridgehead atoms. The first kappa shape index (κ1) is 11.3. The van der Waals surface area contributed by atoms with E-state index in [1.165, 1.54) is 13.2 Å². The average molecular weight is 212 g/mol. The Balaban J connectivity index is 0.00000225. The molecule has 1 heterocycles. The Hall–Kier alpha value is -1.75. The summed E-state index contributed by atoms with van der Waals surface area (Å²) in [4.78, 5) is 14.8. The van der Waals surface area contributed by atoms with E-state index >= 15 is 0 Å². The van der Waals surface area contributed by atoms with Gasteiger partial charge in [-0.2, -0.15) is 0 Å². The SMILES string of the molecule is C=CC(=O)Nc1cc(F)cnc1COC.[HH]. The summed E-state index contributed by atoms with van der Waals surface area (Å²) in [5.41, 5.74) is 0.760. The number of carbonyl (C=O) groups is 1. The molecule has 1 aromatic rings. The van der Waals surface area contributed by atoms with Gasteiger partial charge in [0.05, 0.1) is 24.2 Å². The molecule has 0 saturated heterocycles. The van der Waals surface area contributed by atoms with Crippen molar-refractivity contribution in [1.29, 1.82) is 0 Å². The van der Waals surface area contributed by atoms with Crippen LogP contribution in [0, 0.1) is 5.82 Å². The first-order valence-corrected chi connectivity index (χ1v) is 4.24. The molecule has 0 aromatic carbocycles. The van der Waals surface area contributed by atoms with E-state index in [4.69, 9.17) is 4.74 Å². The Morgan fingerprint density at radius 3 is 3.20 bits per heavy atom. The van der Waals surface area contributed by atoms with E-state index in [9.17, 15) is 9.18 Å². The van der Waals surface area contributed by atoms with Crippen LogP contribution in [0.15, 0.2) is 24.9 Å². The van der Waals surface area contributed by atoms with Crippen LogP contribution in [-0.2, 0) is 16.1 Å². The quantitative estimate of drug-likeness (QED) is 0.773. The number of methoxy groups -OCH3 is 1. The van der Waals surface area contributed by atoms with E-state index in [2.05, 4.69) is 16.9 Å². The lowest BCUT2D eigenvalue weighted by Gasteiger charge is -2.07. The summed E-state index contributed by atoms with van der Waals surface area (Å²) in [7, 11) is 1.49. The summed E-state index contributed by atoms with van der Waals surface area (Å²) in [6.45, 7) is 3.50. The van der Waals surface area contributed by atoms with Gasteiger partial charge in [-0.1, -0.05) is 6.58 Å². The monoisotopic (exact) mass is 212 g/mol. The van der Waals surface area contributed by atoms with Crippen LogP contribution in [0.5, 0.6) is 0 Å². The molecule has 82 valence electrons. The second kappa shape index (κ2) is 5.21. The summed E-state index contributed by atoms with van der Waals surface area (Å²) in [5.74, 6) is -0.936. The number of ether oxygens (including phenoxy) is 1. The average Bonchev–Trinajstić information content (AvgIpc) is 2.22. The van der Waals surface area contributed by atoms with Gasteiger partial charge in [0, 0.05) is 14.6 Å². The minimum Gasteiger partial charge on any atom is -0.378 e. The highest BCUT2D eigenvalue weighted by Gasteiger charge is 2.07. The van der Waals surface area contributed by atoms with Gasteiger partial charge in [0.1, 0.15) is 5.82 Å². The lowest BCUT2D eigenvalue weighted by Crippen LogP contribution is -2.11. The van der Waals surface area contributed by atoms with Crippen LogP contribution in [0.4, 0.5) is 10.1 Å². The predicted molar refractivity (Wildman–Crippen MR) is 55.8 cm³/mol. The van der Waals surface area contributed by atoms with Crippen molar-refractivity contribution in [3.63, 3.8) is 0 Å². The Labute approximate surface area is 88.3 Å². The second-order valence-corrected chi connectivity index (χ2v) is 2.77. The van der Waals surface area contributed by atoms with E-state index in [0.717, 1.165) is 12.3 Å². The molecule has 15 heavy (non-hydrogen) atoms. The van der Waals surface area contributed by atoms with Crippen LogP contribution in [0.1, 0.15) is 7.12 Å². The van der Waals surface area contributed by atoms with Crippen molar-refractivity contribution in [2.24, 2.45) is 0 Å². The molecular weight excluding hydrogens is 199 g/mol. The number of carbonyl (C=O) groups excluding carboxylic acids is 1. The van der Waals surface area contributed by atoms with Crippen molar-refractivity contribution in [2.45, 2.75) is 6.61 Å². The molecule has 0 aliphatic rings. The fraction of sp³-hybridized carbons (Fsp3) is 0.200. The second-order valence-electron chi connectivity index (χ2n) is 2.77. The van der Waals surface area contributed by atoms with Gasteiger partial charge in [-0.05, 0) is 6.08 Å². The third-order valence-electron chi connectivity index (χ3n) is 1.66. The third-order valence-corrected chi connectivity index (χ3v) is 1.66. The van der Waals surface area contributed by atoms with Gasteiger partial charge in [-0.15, -0.1) is 0 Å². The summed E-state index contributed by atoms with van der Waals surface area (Å²) >= 11 is 0. The number of pyridine rings is 1. The Morgan fingerprint density at radius 1 is 1.87 bits per heavy atom. The number of rotatable bonds is 4. The van der Waals surface area contributed by atoms with Crippen molar-refractivity contribution in [3.05, 3.63) is 36.4 Å². The maximum absolute atomic E-state index is 12.9. The topological polar surface area (TPSA) is 51.2 Å². The number of nitrogens with one attached hydrogen (secondary N) is 1. The molecule has 5 heteroatoms. The standard InChI is InChI=1S/C10H11FN2O2.H2/c1-3-10(14)13-8-4-7(11)5-12-9(8)6-15-2;/h3-5H,1,6H2,2H3,(H,13,14);1H. The Morgan fingerprint density at radius 2 is 2.60 bits per heavy atom. The molecule has 4 nitrogen and oxygen atoms in total. The van der Waals surface area contributed by atoms with Crippen molar-refractivity contribution >= 4 is 11.6 Å². The van der Waals surface area contributed by atoms with E-state index in [1.807, 2.05) is 0 Å². The normalized spacial score (nSPS) is 9.73. The first-order chi connectivity index (χ1) is 7.17. The van der Waals surface area contributed by atoms with Crippen molar-refractivity contribution in [3.8, 4) is 0 Å². The van der Waals surface area contributed by atoms with Gasteiger partial charge in [0.2, 0.25) is 5.91 Å². The Bertz CT molecular complexity index is 385. The minimum atomic E-state index is -0.519. The highest BCUT2D eigenvalue weighted by Crippen LogP contribution is 2.15. The van der Waals surface area contributed by atoms with E-state index in [1.54, 1.807) is 0 Å². The van der Waals surface area contributed by atoms with Crippen LogP contribution in [0.3, 0.4) is 0 Å². The highest BCUT2D eigenvalue weighted by molar-refractivity contribution is 5.99. The van der Waals surface area contributed by atoms with Gasteiger partial charge in [0.15, 0.2) is 0 Å². The number of nitrogens with zero attached hydrogens (tertiary/aromatic N) is 1. The fourth-order valence-corrected chi connectivity index (χ4v) is 1.01. The molecule has 0 radical (unpaired) electrons. The zero-order valence-corrected chi connectivity index (χ0v) is 8.29. The summed E-state index contributed by atoms with van der Waals surface area (Å²) in [5, 5.41) is 2.45. The van der Waals surface area contributed by atoms with Gasteiger partial charge in [0.25, 0.3) is 0 Å². The van der Waals surface area contributed by atoms with Gasteiger partial charge in [-0.25, -0.2) is 4.39 Å². The Kier molecular flexibility index (Phi) is 3.93. The van der Waals surface area contributed by atoms with Gasteiger partial charge < -0.3 is 10.1 Å². The molecule has 0 unspecified atom stereocenters. The molecule has 0 spiro atoms. The summed E-state index contributed by atoms with van der Waals surface area (Å²) in [6, 6.07) is 1.18. The predicted octanol–water partition coefficient (Wildman–Crippen LogP) is 1.74.